The lowest BCUT2D eigenvalue weighted by molar-refractivity contribution is -0.137. The topological polar surface area (TPSA) is 78.1 Å². The highest BCUT2D eigenvalue weighted by molar-refractivity contribution is 6.01. The zero-order valence-electron chi connectivity index (χ0n) is 16.1. The van der Waals surface area contributed by atoms with Crippen LogP contribution in [-0.2, 0) is 11.0 Å². The molecule has 1 heterocycles. The van der Waals surface area contributed by atoms with E-state index in [2.05, 4.69) is 15.3 Å². The van der Waals surface area contributed by atoms with Gasteiger partial charge in [-0.1, -0.05) is 12.1 Å². The Morgan fingerprint density at radius 1 is 1.16 bits per heavy atom. The van der Waals surface area contributed by atoms with Crippen molar-refractivity contribution in [1.82, 2.24) is 14.9 Å². The summed E-state index contributed by atoms with van der Waals surface area (Å²) in [6, 6.07) is 8.60. The van der Waals surface area contributed by atoms with Crippen molar-refractivity contribution in [1.29, 1.82) is 0 Å². The first-order valence-corrected chi connectivity index (χ1v) is 9.13. The maximum absolute atomic E-state index is 13.1. The van der Waals surface area contributed by atoms with Gasteiger partial charge in [-0.2, -0.15) is 13.2 Å². The van der Waals surface area contributed by atoms with Gasteiger partial charge in [-0.25, -0.2) is 13.8 Å². The van der Waals surface area contributed by atoms with Crippen LogP contribution in [0.4, 0.5) is 27.6 Å². The lowest BCUT2D eigenvalue weighted by Gasteiger charge is -2.21. The Morgan fingerprint density at radius 3 is 2.52 bits per heavy atom. The van der Waals surface area contributed by atoms with Gasteiger partial charge in [0.05, 0.1) is 22.3 Å². The maximum atomic E-state index is 13.1. The third-order valence-corrected chi connectivity index (χ3v) is 4.46. The molecule has 0 unspecified atom stereocenters. The summed E-state index contributed by atoms with van der Waals surface area (Å²) in [6.07, 6.45) is -7.46. The fraction of sp³-hybridized carbons (Fsp3) is 0.250. The summed E-state index contributed by atoms with van der Waals surface area (Å²) in [5.74, 6) is -1.93. The van der Waals surface area contributed by atoms with Crippen LogP contribution >= 0.6 is 0 Å². The van der Waals surface area contributed by atoms with Crippen molar-refractivity contribution < 1.29 is 31.5 Å². The van der Waals surface area contributed by atoms with Crippen LogP contribution in [-0.4, -0.2) is 39.8 Å². The van der Waals surface area contributed by atoms with Crippen LogP contribution in [0, 0.1) is 0 Å². The SMILES string of the molecule is CCN(CC(=O)Nc1ccccc1C(F)(F)F)C(=O)c1ccc2nc(C(F)F)[nH]c2c1. The van der Waals surface area contributed by atoms with Crippen molar-refractivity contribution in [2.45, 2.75) is 19.5 Å². The minimum atomic E-state index is -4.65. The largest absolute Gasteiger partial charge is 0.418 e. The van der Waals surface area contributed by atoms with E-state index in [1.54, 1.807) is 6.92 Å². The number of aromatic nitrogens is 2. The quantitative estimate of drug-likeness (QED) is 0.549. The van der Waals surface area contributed by atoms with Crippen molar-refractivity contribution in [3.8, 4) is 0 Å². The molecule has 1 aromatic heterocycles. The van der Waals surface area contributed by atoms with Crippen molar-refractivity contribution in [2.75, 3.05) is 18.4 Å². The minimum absolute atomic E-state index is 0.0937. The first kappa shape index (κ1) is 22.2. The summed E-state index contributed by atoms with van der Waals surface area (Å²) in [5.41, 5.74) is -0.835. The van der Waals surface area contributed by atoms with Crippen LogP contribution in [0.25, 0.3) is 11.0 Å². The molecule has 3 aromatic rings. The third kappa shape index (κ3) is 4.98. The van der Waals surface area contributed by atoms with Gasteiger partial charge in [-0.05, 0) is 37.3 Å². The van der Waals surface area contributed by atoms with Gasteiger partial charge in [0.2, 0.25) is 5.91 Å². The number of para-hydroxylation sites is 1. The third-order valence-electron chi connectivity index (χ3n) is 4.46. The van der Waals surface area contributed by atoms with Gasteiger partial charge in [0.1, 0.15) is 6.54 Å². The number of carbonyl (C=O) groups is 2. The van der Waals surface area contributed by atoms with Crippen LogP contribution in [0.2, 0.25) is 0 Å². The Labute approximate surface area is 173 Å². The molecule has 0 atom stereocenters. The van der Waals surface area contributed by atoms with E-state index in [4.69, 9.17) is 0 Å². The van der Waals surface area contributed by atoms with Crippen molar-refractivity contribution >= 4 is 28.5 Å². The normalized spacial score (nSPS) is 11.7. The van der Waals surface area contributed by atoms with E-state index in [1.165, 1.54) is 30.3 Å². The van der Waals surface area contributed by atoms with E-state index in [-0.39, 0.29) is 23.1 Å². The van der Waals surface area contributed by atoms with Crippen molar-refractivity contribution in [3.05, 3.63) is 59.4 Å². The Balaban J connectivity index is 1.76. The number of nitrogens with zero attached hydrogens (tertiary/aromatic N) is 2. The van der Waals surface area contributed by atoms with E-state index in [0.29, 0.717) is 0 Å². The van der Waals surface area contributed by atoms with Crippen LogP contribution in [0.1, 0.15) is 35.1 Å². The molecule has 2 aromatic carbocycles. The number of carbonyl (C=O) groups excluding carboxylic acids is 2. The molecule has 0 bridgehead atoms. The molecule has 0 fully saturated rings. The zero-order valence-corrected chi connectivity index (χ0v) is 16.1. The molecular weight excluding hydrogens is 423 g/mol. The van der Waals surface area contributed by atoms with Gasteiger partial charge in [-0.3, -0.25) is 9.59 Å². The Bertz CT molecular complexity index is 1110. The number of hydrogen-bond donors (Lipinski definition) is 2. The smallest absolute Gasteiger partial charge is 0.337 e. The van der Waals surface area contributed by atoms with E-state index >= 15 is 0 Å². The summed E-state index contributed by atoms with van der Waals surface area (Å²) in [4.78, 5) is 32.3. The number of H-pyrrole nitrogens is 1. The van der Waals surface area contributed by atoms with E-state index in [1.807, 2.05) is 0 Å². The lowest BCUT2D eigenvalue weighted by atomic mass is 10.1. The highest BCUT2D eigenvalue weighted by atomic mass is 19.4. The summed E-state index contributed by atoms with van der Waals surface area (Å²) in [5, 5.41) is 2.18. The second-order valence-electron chi connectivity index (χ2n) is 6.57. The molecule has 0 aliphatic heterocycles. The van der Waals surface area contributed by atoms with Crippen molar-refractivity contribution in [2.24, 2.45) is 0 Å². The molecule has 0 saturated heterocycles. The molecule has 31 heavy (non-hydrogen) atoms. The number of imidazole rings is 1. The summed E-state index contributed by atoms with van der Waals surface area (Å²) >= 11 is 0. The van der Waals surface area contributed by atoms with Gasteiger partial charge in [0.25, 0.3) is 12.3 Å². The Hall–Kier alpha value is -3.50. The fourth-order valence-corrected chi connectivity index (χ4v) is 2.98. The standard InChI is InChI=1S/C20H17F5N4O2/c1-2-29(10-16(30)26-13-6-4-3-5-12(13)20(23,24)25)19(31)11-7-8-14-15(9-11)28-18(27-14)17(21)22/h3-9,17H,2,10H2,1H3,(H,26,30)(H,27,28). The Kier molecular flexibility index (Phi) is 6.23. The molecule has 3 rings (SSSR count). The molecule has 164 valence electrons. The van der Waals surface area contributed by atoms with E-state index < -0.39 is 48.0 Å². The molecule has 2 N–H and O–H groups in total. The number of amides is 2. The summed E-state index contributed by atoms with van der Waals surface area (Å²) in [7, 11) is 0. The molecular formula is C20H17F5N4O2. The molecule has 0 spiro atoms. The Morgan fingerprint density at radius 2 is 1.87 bits per heavy atom. The first-order valence-electron chi connectivity index (χ1n) is 9.13. The van der Waals surface area contributed by atoms with Gasteiger partial charge >= 0.3 is 6.18 Å². The van der Waals surface area contributed by atoms with Gasteiger partial charge < -0.3 is 15.2 Å². The average molecular weight is 440 g/mol. The van der Waals surface area contributed by atoms with Crippen LogP contribution < -0.4 is 5.32 Å². The molecule has 11 heteroatoms. The summed E-state index contributed by atoms with van der Waals surface area (Å²) < 4.78 is 64.8. The monoisotopic (exact) mass is 440 g/mol. The number of nitrogens with one attached hydrogen (secondary N) is 2. The second-order valence-corrected chi connectivity index (χ2v) is 6.57. The number of aromatic amines is 1. The molecule has 0 aliphatic rings. The molecule has 6 nitrogen and oxygen atoms in total. The number of halogens is 5. The van der Waals surface area contributed by atoms with Crippen LogP contribution in [0.5, 0.6) is 0 Å². The maximum Gasteiger partial charge on any atom is 0.418 e. The molecule has 0 saturated carbocycles. The highest BCUT2D eigenvalue weighted by Crippen LogP contribution is 2.34. The van der Waals surface area contributed by atoms with Crippen LogP contribution in [0.3, 0.4) is 0 Å². The first-order chi connectivity index (χ1) is 14.6. The van der Waals surface area contributed by atoms with Crippen LogP contribution in [0.15, 0.2) is 42.5 Å². The number of anilines is 1. The minimum Gasteiger partial charge on any atom is -0.337 e. The highest BCUT2D eigenvalue weighted by Gasteiger charge is 2.33. The molecule has 2 amide bonds. The zero-order chi connectivity index (χ0) is 22.8. The fourth-order valence-electron chi connectivity index (χ4n) is 2.98. The summed E-state index contributed by atoms with van der Waals surface area (Å²) in [6.45, 7) is 1.19. The van der Waals surface area contributed by atoms with E-state index in [0.717, 1.165) is 17.0 Å². The predicted octanol–water partition coefficient (Wildman–Crippen LogP) is 4.62. The number of rotatable bonds is 6. The lowest BCUT2D eigenvalue weighted by Crippen LogP contribution is -2.38. The number of alkyl halides is 5. The molecule has 0 radical (unpaired) electrons. The number of benzene rings is 2. The molecule has 0 aliphatic carbocycles. The number of hydrogen-bond acceptors (Lipinski definition) is 3. The van der Waals surface area contributed by atoms with Gasteiger partial charge in [-0.15, -0.1) is 0 Å². The van der Waals surface area contributed by atoms with Gasteiger partial charge in [0, 0.05) is 12.1 Å². The van der Waals surface area contributed by atoms with Gasteiger partial charge in [0.15, 0.2) is 5.82 Å². The van der Waals surface area contributed by atoms with Crippen molar-refractivity contribution in [3.63, 3.8) is 0 Å². The average Bonchev–Trinajstić information content (AvgIpc) is 3.15. The number of likely N-dealkylation sites (N-methyl/N-ethyl adjacent to an activating group) is 1. The number of fused-ring (bicyclic) bond motifs is 1. The van der Waals surface area contributed by atoms with E-state index in [9.17, 15) is 31.5 Å². The predicted molar refractivity (Wildman–Crippen MR) is 103 cm³/mol. The second kappa shape index (κ2) is 8.70.